The number of nitrogens with one attached hydrogen (secondary N) is 1. The Morgan fingerprint density at radius 3 is 2.47 bits per heavy atom. The SMILES string of the molecule is CCN(CC)CCC(Cc1cc(F)cc(Br)c1)NC. The summed E-state index contributed by atoms with van der Waals surface area (Å²) < 4.78 is 14.2. The second-order valence-electron chi connectivity index (χ2n) is 4.78. The summed E-state index contributed by atoms with van der Waals surface area (Å²) >= 11 is 3.34. The minimum Gasteiger partial charge on any atom is -0.317 e. The van der Waals surface area contributed by atoms with Crippen molar-refractivity contribution in [2.45, 2.75) is 32.7 Å². The van der Waals surface area contributed by atoms with Crippen molar-refractivity contribution in [1.82, 2.24) is 10.2 Å². The van der Waals surface area contributed by atoms with E-state index in [1.165, 1.54) is 6.07 Å². The number of halogens is 2. The maximum Gasteiger partial charge on any atom is 0.124 e. The van der Waals surface area contributed by atoms with Crippen LogP contribution in [-0.4, -0.2) is 37.6 Å². The molecule has 0 aromatic heterocycles. The van der Waals surface area contributed by atoms with E-state index in [1.54, 1.807) is 6.07 Å². The predicted molar refractivity (Wildman–Crippen MR) is 83.1 cm³/mol. The Morgan fingerprint density at radius 2 is 1.95 bits per heavy atom. The van der Waals surface area contributed by atoms with Crippen molar-refractivity contribution >= 4 is 15.9 Å². The molecule has 0 bridgehead atoms. The highest BCUT2D eigenvalue weighted by atomic mass is 79.9. The second-order valence-corrected chi connectivity index (χ2v) is 5.70. The average Bonchev–Trinajstić information content (AvgIpc) is 2.37. The summed E-state index contributed by atoms with van der Waals surface area (Å²) in [5.41, 5.74) is 1.03. The topological polar surface area (TPSA) is 15.3 Å². The largest absolute Gasteiger partial charge is 0.317 e. The van der Waals surface area contributed by atoms with E-state index >= 15 is 0 Å². The fourth-order valence-corrected chi connectivity index (χ4v) is 2.75. The zero-order chi connectivity index (χ0) is 14.3. The Balaban J connectivity index is 2.56. The van der Waals surface area contributed by atoms with Crippen LogP contribution in [0.1, 0.15) is 25.8 Å². The van der Waals surface area contributed by atoms with Gasteiger partial charge >= 0.3 is 0 Å². The molecule has 0 aliphatic carbocycles. The van der Waals surface area contributed by atoms with Crippen LogP contribution in [0.15, 0.2) is 22.7 Å². The summed E-state index contributed by atoms with van der Waals surface area (Å²) in [6, 6.07) is 5.49. The van der Waals surface area contributed by atoms with Crippen LogP contribution in [0.3, 0.4) is 0 Å². The van der Waals surface area contributed by atoms with Gasteiger partial charge in [0.15, 0.2) is 0 Å². The summed E-state index contributed by atoms with van der Waals surface area (Å²) in [6.45, 7) is 7.61. The van der Waals surface area contributed by atoms with Gasteiger partial charge in [0.1, 0.15) is 5.82 Å². The molecule has 0 aliphatic heterocycles. The lowest BCUT2D eigenvalue weighted by Crippen LogP contribution is -2.33. The molecule has 0 aliphatic rings. The first kappa shape index (κ1) is 16.6. The first-order valence-corrected chi connectivity index (χ1v) is 7.72. The fraction of sp³-hybridized carbons (Fsp3) is 0.600. The van der Waals surface area contributed by atoms with Gasteiger partial charge in [-0.3, -0.25) is 0 Å². The molecule has 1 unspecified atom stereocenters. The van der Waals surface area contributed by atoms with Crippen molar-refractivity contribution in [3.05, 3.63) is 34.1 Å². The van der Waals surface area contributed by atoms with Crippen LogP contribution in [-0.2, 0) is 6.42 Å². The molecular formula is C15H24BrFN2. The lowest BCUT2D eigenvalue weighted by atomic mass is 10.0. The van der Waals surface area contributed by atoms with Crippen molar-refractivity contribution in [2.75, 3.05) is 26.7 Å². The summed E-state index contributed by atoms with van der Waals surface area (Å²) in [4.78, 5) is 2.41. The zero-order valence-corrected chi connectivity index (χ0v) is 13.6. The molecule has 4 heteroatoms. The van der Waals surface area contributed by atoms with Crippen LogP contribution in [0.5, 0.6) is 0 Å². The molecule has 1 N–H and O–H groups in total. The number of likely N-dealkylation sites (N-methyl/N-ethyl adjacent to an activating group) is 1. The first-order valence-electron chi connectivity index (χ1n) is 6.93. The summed E-state index contributed by atoms with van der Waals surface area (Å²) in [5.74, 6) is -0.178. The number of rotatable bonds is 8. The summed E-state index contributed by atoms with van der Waals surface area (Å²) in [6.07, 6.45) is 1.93. The third kappa shape index (κ3) is 6.02. The van der Waals surface area contributed by atoms with Crippen molar-refractivity contribution in [2.24, 2.45) is 0 Å². The molecule has 1 rings (SSSR count). The van der Waals surface area contributed by atoms with Crippen molar-refractivity contribution in [3.8, 4) is 0 Å². The minimum atomic E-state index is -0.178. The normalized spacial score (nSPS) is 12.9. The maximum atomic E-state index is 13.3. The Bertz CT molecular complexity index is 360. The van der Waals surface area contributed by atoms with Gasteiger partial charge in [-0.05, 0) is 63.3 Å². The third-order valence-corrected chi connectivity index (χ3v) is 3.96. The monoisotopic (exact) mass is 330 g/mol. The number of hydrogen-bond acceptors (Lipinski definition) is 2. The van der Waals surface area contributed by atoms with E-state index in [0.29, 0.717) is 6.04 Å². The van der Waals surface area contributed by atoms with Gasteiger partial charge in [-0.1, -0.05) is 29.8 Å². The average molecular weight is 331 g/mol. The molecule has 0 amide bonds. The summed E-state index contributed by atoms with van der Waals surface area (Å²) in [7, 11) is 1.97. The van der Waals surface area contributed by atoms with Gasteiger partial charge in [0.25, 0.3) is 0 Å². The molecule has 0 spiro atoms. The molecule has 108 valence electrons. The lowest BCUT2D eigenvalue weighted by molar-refractivity contribution is 0.283. The van der Waals surface area contributed by atoms with E-state index in [0.717, 1.165) is 42.5 Å². The number of benzene rings is 1. The van der Waals surface area contributed by atoms with Crippen LogP contribution in [0.25, 0.3) is 0 Å². The maximum absolute atomic E-state index is 13.3. The minimum absolute atomic E-state index is 0.178. The molecule has 2 nitrogen and oxygen atoms in total. The fourth-order valence-electron chi connectivity index (χ4n) is 2.24. The van der Waals surface area contributed by atoms with Crippen LogP contribution in [0.4, 0.5) is 4.39 Å². The smallest absolute Gasteiger partial charge is 0.124 e. The highest BCUT2D eigenvalue weighted by molar-refractivity contribution is 9.10. The molecule has 0 fully saturated rings. The molecule has 0 saturated carbocycles. The van der Waals surface area contributed by atoms with Gasteiger partial charge < -0.3 is 10.2 Å². The van der Waals surface area contributed by atoms with E-state index in [9.17, 15) is 4.39 Å². The van der Waals surface area contributed by atoms with Gasteiger partial charge in [0.2, 0.25) is 0 Å². The van der Waals surface area contributed by atoms with Gasteiger partial charge in [-0.25, -0.2) is 4.39 Å². The van der Waals surface area contributed by atoms with Crippen molar-refractivity contribution in [1.29, 1.82) is 0 Å². The highest BCUT2D eigenvalue weighted by Crippen LogP contribution is 2.16. The molecule has 1 aromatic carbocycles. The Morgan fingerprint density at radius 1 is 1.26 bits per heavy atom. The van der Waals surface area contributed by atoms with Crippen LogP contribution >= 0.6 is 15.9 Å². The molecule has 1 atom stereocenters. The van der Waals surface area contributed by atoms with E-state index in [2.05, 4.69) is 40.0 Å². The molecular weight excluding hydrogens is 307 g/mol. The molecule has 0 saturated heterocycles. The highest BCUT2D eigenvalue weighted by Gasteiger charge is 2.10. The van der Waals surface area contributed by atoms with Gasteiger partial charge in [-0.2, -0.15) is 0 Å². The number of hydrogen-bond donors (Lipinski definition) is 1. The summed E-state index contributed by atoms with van der Waals surface area (Å²) in [5, 5.41) is 3.33. The quantitative estimate of drug-likeness (QED) is 0.785. The van der Waals surface area contributed by atoms with Crippen LogP contribution in [0.2, 0.25) is 0 Å². The van der Waals surface area contributed by atoms with Gasteiger partial charge in [0.05, 0.1) is 0 Å². The van der Waals surface area contributed by atoms with E-state index in [1.807, 2.05) is 13.1 Å². The van der Waals surface area contributed by atoms with E-state index in [-0.39, 0.29) is 5.82 Å². The molecule has 0 radical (unpaired) electrons. The second kappa shape index (κ2) is 8.67. The first-order chi connectivity index (χ1) is 9.08. The Hall–Kier alpha value is -0.450. The van der Waals surface area contributed by atoms with Crippen molar-refractivity contribution < 1.29 is 4.39 Å². The number of nitrogens with zero attached hydrogens (tertiary/aromatic N) is 1. The predicted octanol–water partition coefficient (Wildman–Crippen LogP) is 3.45. The Labute approximate surface area is 124 Å². The van der Waals surface area contributed by atoms with Gasteiger partial charge in [-0.15, -0.1) is 0 Å². The standard InChI is InChI=1S/C15H24BrFN2/c1-4-19(5-2)7-6-15(18-3)10-12-8-13(16)11-14(17)9-12/h8-9,11,15,18H,4-7,10H2,1-3H3. The lowest BCUT2D eigenvalue weighted by Gasteiger charge is -2.22. The molecule has 1 aromatic rings. The van der Waals surface area contributed by atoms with E-state index in [4.69, 9.17) is 0 Å². The Kier molecular flexibility index (Phi) is 7.57. The molecule has 0 heterocycles. The molecule has 19 heavy (non-hydrogen) atoms. The zero-order valence-electron chi connectivity index (χ0n) is 12.0. The van der Waals surface area contributed by atoms with Gasteiger partial charge in [0, 0.05) is 10.5 Å². The third-order valence-electron chi connectivity index (χ3n) is 3.50. The van der Waals surface area contributed by atoms with Crippen LogP contribution < -0.4 is 5.32 Å². The van der Waals surface area contributed by atoms with Crippen molar-refractivity contribution in [3.63, 3.8) is 0 Å². The van der Waals surface area contributed by atoms with E-state index < -0.39 is 0 Å². The van der Waals surface area contributed by atoms with Crippen LogP contribution in [0, 0.1) is 5.82 Å².